The highest BCUT2D eigenvalue weighted by atomic mass is 32.2. The van der Waals surface area contributed by atoms with Crippen molar-refractivity contribution < 1.29 is 23.1 Å². The number of aryl methyl sites for hydroxylation is 1. The van der Waals surface area contributed by atoms with Crippen LogP contribution < -0.4 is 0 Å². The lowest BCUT2D eigenvalue weighted by Crippen LogP contribution is -2.32. The van der Waals surface area contributed by atoms with Gasteiger partial charge in [0, 0.05) is 13.6 Å². The Kier molecular flexibility index (Phi) is 5.48. The van der Waals surface area contributed by atoms with E-state index in [9.17, 15) is 18.0 Å². The van der Waals surface area contributed by atoms with Crippen LogP contribution in [0.15, 0.2) is 23.1 Å². The number of hydrogen-bond acceptors (Lipinski definition) is 4. The van der Waals surface area contributed by atoms with Gasteiger partial charge in [-0.3, -0.25) is 4.79 Å². The van der Waals surface area contributed by atoms with Crippen molar-refractivity contribution >= 4 is 21.7 Å². The molecule has 0 aliphatic heterocycles. The van der Waals surface area contributed by atoms with Gasteiger partial charge in [0.15, 0.2) is 9.84 Å². The number of sulfone groups is 1. The van der Waals surface area contributed by atoms with Crippen LogP contribution in [0.5, 0.6) is 0 Å². The van der Waals surface area contributed by atoms with Crippen molar-refractivity contribution in [3.05, 3.63) is 29.3 Å². The number of benzene rings is 1. The summed E-state index contributed by atoms with van der Waals surface area (Å²) in [7, 11) is -2.34. The van der Waals surface area contributed by atoms with Crippen LogP contribution in [-0.2, 0) is 21.1 Å². The van der Waals surface area contributed by atoms with Crippen LogP contribution in [0.2, 0.25) is 0 Å². The van der Waals surface area contributed by atoms with Gasteiger partial charge in [0.2, 0.25) is 5.91 Å². The second kappa shape index (κ2) is 6.71. The second-order valence-corrected chi connectivity index (χ2v) is 6.63. The van der Waals surface area contributed by atoms with E-state index in [-0.39, 0.29) is 10.5 Å². The van der Waals surface area contributed by atoms with E-state index >= 15 is 0 Å². The number of hydrogen-bond donors (Lipinski definition) is 1. The third kappa shape index (κ3) is 4.04. The van der Waals surface area contributed by atoms with Gasteiger partial charge in [-0.25, -0.2) is 13.2 Å². The van der Waals surface area contributed by atoms with Gasteiger partial charge in [-0.05, 0) is 31.0 Å². The molecule has 1 amide bonds. The van der Waals surface area contributed by atoms with Gasteiger partial charge in [0.05, 0.1) is 10.5 Å². The van der Waals surface area contributed by atoms with Gasteiger partial charge < -0.3 is 10.0 Å². The molecule has 0 bridgehead atoms. The average molecular weight is 313 g/mol. The SMILES string of the molecule is CCc1ccc(S(=O)(=O)CC(=O)N(C)CC)cc1C(=O)O. The molecule has 0 aliphatic rings. The number of amides is 1. The monoisotopic (exact) mass is 313 g/mol. The summed E-state index contributed by atoms with van der Waals surface area (Å²) in [5.74, 6) is -2.36. The van der Waals surface area contributed by atoms with E-state index in [1.807, 2.05) is 0 Å². The molecule has 0 saturated carbocycles. The smallest absolute Gasteiger partial charge is 0.336 e. The fourth-order valence-corrected chi connectivity index (χ4v) is 3.07. The average Bonchev–Trinajstić information content (AvgIpc) is 2.44. The van der Waals surface area contributed by atoms with Crippen LogP contribution in [0, 0.1) is 0 Å². The highest BCUT2D eigenvalue weighted by Crippen LogP contribution is 2.18. The molecule has 0 fully saturated rings. The largest absolute Gasteiger partial charge is 0.478 e. The molecule has 6 nitrogen and oxygen atoms in total. The minimum atomic E-state index is -3.85. The van der Waals surface area contributed by atoms with Crippen LogP contribution in [-0.4, -0.2) is 49.6 Å². The number of carboxylic acid groups (broad SMARTS) is 1. The van der Waals surface area contributed by atoms with Crippen LogP contribution >= 0.6 is 0 Å². The number of aromatic carboxylic acids is 1. The molecule has 0 heterocycles. The van der Waals surface area contributed by atoms with E-state index in [4.69, 9.17) is 5.11 Å². The Labute approximate surface area is 124 Å². The summed E-state index contributed by atoms with van der Waals surface area (Å²) in [6.07, 6.45) is 0.486. The Morgan fingerprint density at radius 3 is 2.33 bits per heavy atom. The van der Waals surface area contributed by atoms with Crippen molar-refractivity contribution in [3.8, 4) is 0 Å². The molecule has 0 saturated heterocycles. The molecular formula is C14H19NO5S. The number of nitrogens with zero attached hydrogens (tertiary/aromatic N) is 1. The molecule has 1 aromatic rings. The topological polar surface area (TPSA) is 91.8 Å². The van der Waals surface area contributed by atoms with Gasteiger partial charge >= 0.3 is 5.97 Å². The summed E-state index contributed by atoms with van der Waals surface area (Å²) in [6.45, 7) is 3.93. The molecule has 0 unspecified atom stereocenters. The molecular weight excluding hydrogens is 294 g/mol. The van der Waals surface area contributed by atoms with Gasteiger partial charge in [-0.1, -0.05) is 13.0 Å². The van der Waals surface area contributed by atoms with Gasteiger partial charge in [0.1, 0.15) is 5.75 Å². The third-order valence-electron chi connectivity index (χ3n) is 3.27. The Bertz CT molecular complexity index is 651. The predicted molar refractivity (Wildman–Crippen MR) is 78.1 cm³/mol. The first kappa shape index (κ1) is 17.2. The molecule has 0 radical (unpaired) electrons. The Hall–Kier alpha value is -1.89. The molecule has 0 aliphatic carbocycles. The summed E-state index contributed by atoms with van der Waals surface area (Å²) in [6, 6.07) is 3.94. The van der Waals surface area contributed by atoms with E-state index in [1.165, 1.54) is 24.1 Å². The first-order valence-corrected chi connectivity index (χ1v) is 8.21. The van der Waals surface area contributed by atoms with Crippen molar-refractivity contribution in [1.82, 2.24) is 4.90 Å². The number of carboxylic acids is 1. The normalized spacial score (nSPS) is 11.2. The molecule has 0 spiro atoms. The Morgan fingerprint density at radius 1 is 1.24 bits per heavy atom. The van der Waals surface area contributed by atoms with Crippen molar-refractivity contribution in [1.29, 1.82) is 0 Å². The lowest BCUT2D eigenvalue weighted by molar-refractivity contribution is -0.126. The Balaban J connectivity index is 3.18. The van der Waals surface area contributed by atoms with Crippen LogP contribution in [0.1, 0.15) is 29.8 Å². The van der Waals surface area contributed by atoms with Crippen molar-refractivity contribution in [2.24, 2.45) is 0 Å². The van der Waals surface area contributed by atoms with Crippen molar-refractivity contribution in [2.45, 2.75) is 25.2 Å². The second-order valence-electron chi connectivity index (χ2n) is 4.64. The van der Waals surface area contributed by atoms with Crippen LogP contribution in [0.25, 0.3) is 0 Å². The van der Waals surface area contributed by atoms with Crippen LogP contribution in [0.4, 0.5) is 0 Å². The van der Waals surface area contributed by atoms with E-state index in [0.717, 1.165) is 6.07 Å². The molecule has 1 aromatic carbocycles. The van der Waals surface area contributed by atoms with Gasteiger partial charge in [-0.2, -0.15) is 0 Å². The summed E-state index contributed by atoms with van der Waals surface area (Å²) in [5, 5.41) is 9.13. The lowest BCUT2D eigenvalue weighted by atomic mass is 10.1. The van der Waals surface area contributed by atoms with E-state index in [1.54, 1.807) is 13.8 Å². The number of rotatable bonds is 6. The maximum atomic E-state index is 12.2. The zero-order valence-electron chi connectivity index (χ0n) is 12.3. The standard InChI is InChI=1S/C14H19NO5S/c1-4-10-6-7-11(8-12(10)14(17)18)21(19,20)9-13(16)15(3)5-2/h6-8H,4-5,9H2,1-3H3,(H,17,18). The maximum Gasteiger partial charge on any atom is 0.336 e. The molecule has 21 heavy (non-hydrogen) atoms. The lowest BCUT2D eigenvalue weighted by Gasteiger charge is -2.15. The van der Waals surface area contributed by atoms with Crippen molar-refractivity contribution in [3.63, 3.8) is 0 Å². The summed E-state index contributed by atoms with van der Waals surface area (Å²) >= 11 is 0. The molecule has 1 rings (SSSR count). The Morgan fingerprint density at radius 2 is 1.86 bits per heavy atom. The summed E-state index contributed by atoms with van der Waals surface area (Å²) in [4.78, 5) is 24.1. The molecule has 7 heteroatoms. The molecule has 1 N–H and O–H groups in total. The zero-order valence-corrected chi connectivity index (χ0v) is 13.1. The summed E-state index contributed by atoms with van der Waals surface area (Å²) < 4.78 is 24.4. The number of carbonyl (C=O) groups excluding carboxylic acids is 1. The van der Waals surface area contributed by atoms with Gasteiger partial charge in [0.25, 0.3) is 0 Å². The molecule has 116 valence electrons. The van der Waals surface area contributed by atoms with E-state index in [0.29, 0.717) is 18.5 Å². The fourth-order valence-electron chi connectivity index (χ4n) is 1.79. The molecule has 0 atom stereocenters. The maximum absolute atomic E-state index is 12.2. The van der Waals surface area contributed by atoms with Crippen molar-refractivity contribution in [2.75, 3.05) is 19.3 Å². The fraction of sp³-hybridized carbons (Fsp3) is 0.429. The third-order valence-corrected chi connectivity index (χ3v) is 4.86. The zero-order chi connectivity index (χ0) is 16.2. The molecule has 0 aromatic heterocycles. The first-order valence-electron chi connectivity index (χ1n) is 6.55. The van der Waals surface area contributed by atoms with E-state index < -0.39 is 27.5 Å². The highest BCUT2D eigenvalue weighted by molar-refractivity contribution is 7.92. The minimum Gasteiger partial charge on any atom is -0.478 e. The quantitative estimate of drug-likeness (QED) is 0.852. The minimum absolute atomic E-state index is 0.0464. The van der Waals surface area contributed by atoms with Crippen LogP contribution in [0.3, 0.4) is 0 Å². The highest BCUT2D eigenvalue weighted by Gasteiger charge is 2.23. The summed E-state index contributed by atoms with van der Waals surface area (Å²) in [5.41, 5.74) is 0.508. The first-order chi connectivity index (χ1) is 9.72. The van der Waals surface area contributed by atoms with E-state index in [2.05, 4.69) is 0 Å². The predicted octanol–water partition coefficient (Wildman–Crippen LogP) is 1.20. The number of carbonyl (C=O) groups is 2. The van der Waals surface area contributed by atoms with Gasteiger partial charge in [-0.15, -0.1) is 0 Å².